The van der Waals surface area contributed by atoms with Crippen molar-refractivity contribution in [2.24, 2.45) is 5.92 Å². The number of benzene rings is 1. The molecule has 1 aliphatic rings. The summed E-state index contributed by atoms with van der Waals surface area (Å²) < 4.78 is 27.7. The number of anilines is 1. The van der Waals surface area contributed by atoms with Gasteiger partial charge in [-0.2, -0.15) is 0 Å². The second-order valence-electron chi connectivity index (χ2n) is 6.58. The summed E-state index contributed by atoms with van der Waals surface area (Å²) in [4.78, 5) is 11.0. The zero-order valence-corrected chi connectivity index (χ0v) is 15.5. The topological polar surface area (TPSA) is 75.2 Å². The molecule has 1 aromatic heterocycles. The summed E-state index contributed by atoms with van der Waals surface area (Å²) in [7, 11) is -3.45. The minimum atomic E-state index is -3.45. The number of nitrogens with one attached hydrogen (secondary N) is 1. The predicted molar refractivity (Wildman–Crippen MR) is 98.1 cm³/mol. The Bertz CT molecular complexity index is 816. The van der Waals surface area contributed by atoms with E-state index in [9.17, 15) is 8.42 Å². The maximum absolute atomic E-state index is 12.5. The summed E-state index contributed by atoms with van der Waals surface area (Å²) in [5.74, 6) is 1.08. The highest BCUT2D eigenvalue weighted by Gasteiger charge is 2.23. The average Bonchev–Trinajstić information content (AvgIpc) is 2.63. The first kappa shape index (κ1) is 17.8. The molecule has 134 valence electrons. The molecule has 0 spiro atoms. The number of aromatic nitrogens is 2. The fourth-order valence-electron chi connectivity index (χ4n) is 2.98. The smallest absolute Gasteiger partial charge is 0.240 e. The van der Waals surface area contributed by atoms with E-state index in [1.54, 1.807) is 30.6 Å². The van der Waals surface area contributed by atoms with Crippen LogP contribution in [0, 0.1) is 19.8 Å². The molecule has 0 bridgehead atoms. The van der Waals surface area contributed by atoms with Crippen molar-refractivity contribution in [1.82, 2.24) is 14.7 Å². The van der Waals surface area contributed by atoms with E-state index in [0.29, 0.717) is 17.4 Å². The molecule has 0 amide bonds. The maximum atomic E-state index is 12.5. The van der Waals surface area contributed by atoms with Gasteiger partial charge in [-0.15, -0.1) is 0 Å². The molecule has 0 saturated carbocycles. The molecular formula is C18H24N4O2S. The van der Waals surface area contributed by atoms with E-state index < -0.39 is 10.0 Å². The third-order valence-corrected chi connectivity index (χ3v) is 6.22. The fourth-order valence-corrected chi connectivity index (χ4v) is 4.18. The third-order valence-electron chi connectivity index (χ3n) is 4.80. The van der Waals surface area contributed by atoms with Crippen molar-refractivity contribution in [2.75, 3.05) is 24.5 Å². The SMILES string of the molecule is Cc1ccc(S(=O)(=O)NCC2CCN(c3ncccn3)CC2)cc1C. The summed E-state index contributed by atoms with van der Waals surface area (Å²) in [5.41, 5.74) is 2.08. The maximum Gasteiger partial charge on any atom is 0.240 e. The molecule has 1 saturated heterocycles. The van der Waals surface area contributed by atoms with Gasteiger partial charge in [0.15, 0.2) is 0 Å². The first-order valence-electron chi connectivity index (χ1n) is 8.54. The first-order chi connectivity index (χ1) is 12.0. The van der Waals surface area contributed by atoms with E-state index in [2.05, 4.69) is 19.6 Å². The second-order valence-corrected chi connectivity index (χ2v) is 8.34. The number of aryl methyl sites for hydroxylation is 2. The zero-order chi connectivity index (χ0) is 17.9. The average molecular weight is 360 g/mol. The summed E-state index contributed by atoms with van der Waals surface area (Å²) in [5, 5.41) is 0. The van der Waals surface area contributed by atoms with Gasteiger partial charge in [-0.3, -0.25) is 0 Å². The molecule has 1 aliphatic heterocycles. The van der Waals surface area contributed by atoms with Gasteiger partial charge >= 0.3 is 0 Å². The lowest BCUT2D eigenvalue weighted by atomic mass is 9.97. The Morgan fingerprint density at radius 3 is 2.44 bits per heavy atom. The van der Waals surface area contributed by atoms with Crippen LogP contribution in [0.1, 0.15) is 24.0 Å². The highest BCUT2D eigenvalue weighted by Crippen LogP contribution is 2.21. The van der Waals surface area contributed by atoms with Crippen molar-refractivity contribution in [1.29, 1.82) is 0 Å². The number of nitrogens with zero attached hydrogens (tertiary/aromatic N) is 3. The summed E-state index contributed by atoms with van der Waals surface area (Å²) in [6, 6.07) is 7.05. The molecule has 1 aromatic carbocycles. The van der Waals surface area contributed by atoms with E-state index in [1.807, 2.05) is 19.9 Å². The van der Waals surface area contributed by atoms with E-state index in [-0.39, 0.29) is 0 Å². The van der Waals surface area contributed by atoms with Crippen LogP contribution in [0.25, 0.3) is 0 Å². The van der Waals surface area contributed by atoms with E-state index in [0.717, 1.165) is 43.0 Å². The van der Waals surface area contributed by atoms with E-state index in [4.69, 9.17) is 0 Å². The number of hydrogen-bond donors (Lipinski definition) is 1. The number of piperidine rings is 1. The molecule has 2 aromatic rings. The molecular weight excluding hydrogens is 336 g/mol. The van der Waals surface area contributed by atoms with Crippen LogP contribution in [0.2, 0.25) is 0 Å². The number of sulfonamides is 1. The largest absolute Gasteiger partial charge is 0.341 e. The van der Waals surface area contributed by atoms with Crippen LogP contribution in [-0.4, -0.2) is 38.0 Å². The van der Waals surface area contributed by atoms with Gasteiger partial charge in [0.1, 0.15) is 0 Å². The van der Waals surface area contributed by atoms with Crippen LogP contribution >= 0.6 is 0 Å². The standard InChI is InChI=1S/C18H24N4O2S/c1-14-4-5-17(12-15(14)2)25(23,24)21-13-16-6-10-22(11-7-16)18-19-8-3-9-20-18/h3-5,8-9,12,16,21H,6-7,10-11,13H2,1-2H3. The molecule has 3 rings (SSSR count). The lowest BCUT2D eigenvalue weighted by Gasteiger charge is -2.31. The van der Waals surface area contributed by atoms with Gasteiger partial charge in [0.05, 0.1) is 4.90 Å². The van der Waals surface area contributed by atoms with Crippen LogP contribution in [-0.2, 0) is 10.0 Å². The van der Waals surface area contributed by atoms with Crippen LogP contribution in [0.15, 0.2) is 41.6 Å². The zero-order valence-electron chi connectivity index (χ0n) is 14.6. The Kier molecular flexibility index (Phi) is 5.34. The Morgan fingerprint density at radius 1 is 1.12 bits per heavy atom. The normalized spacial score (nSPS) is 16.2. The van der Waals surface area contributed by atoms with Crippen molar-refractivity contribution in [3.8, 4) is 0 Å². The Balaban J connectivity index is 1.55. The molecule has 7 heteroatoms. The van der Waals surface area contributed by atoms with Crippen LogP contribution in [0.4, 0.5) is 5.95 Å². The molecule has 0 radical (unpaired) electrons. The van der Waals surface area contributed by atoms with Crippen molar-refractivity contribution < 1.29 is 8.42 Å². The Labute approximate surface area is 149 Å². The minimum absolute atomic E-state index is 0.335. The van der Waals surface area contributed by atoms with Gasteiger partial charge in [-0.25, -0.2) is 23.1 Å². The minimum Gasteiger partial charge on any atom is -0.341 e. The number of hydrogen-bond acceptors (Lipinski definition) is 5. The van der Waals surface area contributed by atoms with Gasteiger partial charge in [0.25, 0.3) is 0 Å². The third kappa shape index (κ3) is 4.35. The summed E-state index contributed by atoms with van der Waals surface area (Å²) in [6.45, 7) is 6.07. The molecule has 25 heavy (non-hydrogen) atoms. The quantitative estimate of drug-likeness (QED) is 0.885. The molecule has 6 nitrogen and oxygen atoms in total. The highest BCUT2D eigenvalue weighted by atomic mass is 32.2. The second kappa shape index (κ2) is 7.49. The summed E-state index contributed by atoms with van der Waals surface area (Å²) >= 11 is 0. The van der Waals surface area contributed by atoms with Gasteiger partial charge in [0.2, 0.25) is 16.0 Å². The van der Waals surface area contributed by atoms with Gasteiger partial charge in [0, 0.05) is 32.0 Å². The van der Waals surface area contributed by atoms with E-state index in [1.165, 1.54) is 0 Å². The van der Waals surface area contributed by atoms with Crippen molar-refractivity contribution >= 4 is 16.0 Å². The van der Waals surface area contributed by atoms with Crippen molar-refractivity contribution in [2.45, 2.75) is 31.6 Å². The van der Waals surface area contributed by atoms with Gasteiger partial charge in [-0.1, -0.05) is 6.07 Å². The van der Waals surface area contributed by atoms with Crippen molar-refractivity contribution in [3.05, 3.63) is 47.8 Å². The van der Waals surface area contributed by atoms with Crippen LogP contribution in [0.5, 0.6) is 0 Å². The fraction of sp³-hybridized carbons (Fsp3) is 0.444. The molecule has 0 aliphatic carbocycles. The van der Waals surface area contributed by atoms with E-state index >= 15 is 0 Å². The molecule has 0 unspecified atom stereocenters. The predicted octanol–water partition coefficient (Wildman–Crippen LogP) is 2.29. The highest BCUT2D eigenvalue weighted by molar-refractivity contribution is 7.89. The lowest BCUT2D eigenvalue weighted by molar-refractivity contribution is 0.399. The number of rotatable bonds is 5. The van der Waals surface area contributed by atoms with Crippen LogP contribution in [0.3, 0.4) is 0 Å². The molecule has 1 N–H and O–H groups in total. The monoisotopic (exact) mass is 360 g/mol. The molecule has 0 atom stereocenters. The van der Waals surface area contributed by atoms with Crippen molar-refractivity contribution in [3.63, 3.8) is 0 Å². The molecule has 1 fully saturated rings. The Morgan fingerprint density at radius 2 is 1.80 bits per heavy atom. The molecule has 2 heterocycles. The van der Waals surface area contributed by atoms with Gasteiger partial charge in [-0.05, 0) is 61.9 Å². The first-order valence-corrected chi connectivity index (χ1v) is 10.0. The van der Waals surface area contributed by atoms with Crippen LogP contribution < -0.4 is 9.62 Å². The van der Waals surface area contributed by atoms with Gasteiger partial charge < -0.3 is 4.90 Å². The Hall–Kier alpha value is -1.99. The summed E-state index contributed by atoms with van der Waals surface area (Å²) in [6.07, 6.45) is 5.33. The lowest BCUT2D eigenvalue weighted by Crippen LogP contribution is -2.39.